The molecule has 126 valence electrons. The van der Waals surface area contributed by atoms with Crippen molar-refractivity contribution in [1.29, 1.82) is 0 Å². The van der Waals surface area contributed by atoms with Gasteiger partial charge in [0.25, 0.3) is 0 Å². The molecule has 0 saturated heterocycles. The topological polar surface area (TPSA) is 38.0 Å². The highest BCUT2D eigenvalue weighted by molar-refractivity contribution is 4.72. The molecular weight excluding hydrogens is 256 g/mol. The monoisotopic (exact) mass is 296 g/mol. The van der Waals surface area contributed by atoms with E-state index in [4.69, 9.17) is 5.84 Å². The molecule has 1 unspecified atom stereocenters. The first-order valence-corrected chi connectivity index (χ1v) is 9.83. The quantitative estimate of drug-likeness (QED) is 0.209. The van der Waals surface area contributed by atoms with E-state index in [0.717, 1.165) is 5.92 Å². The lowest BCUT2D eigenvalue weighted by Gasteiger charge is -2.22. The molecule has 0 bridgehead atoms. The molecule has 0 radical (unpaired) electrons. The van der Waals surface area contributed by atoms with Crippen LogP contribution in [0.3, 0.4) is 0 Å². The Balaban J connectivity index is 1.99. The molecule has 0 spiro atoms. The van der Waals surface area contributed by atoms with Gasteiger partial charge in [0.1, 0.15) is 0 Å². The maximum absolute atomic E-state index is 5.77. The summed E-state index contributed by atoms with van der Waals surface area (Å²) in [6, 6.07) is 0.563. The highest BCUT2D eigenvalue weighted by Gasteiger charge is 2.17. The van der Waals surface area contributed by atoms with Crippen LogP contribution in [0.15, 0.2) is 0 Å². The Labute approximate surface area is 133 Å². The van der Waals surface area contributed by atoms with E-state index in [0.29, 0.717) is 6.04 Å². The molecule has 0 aliphatic heterocycles. The van der Waals surface area contributed by atoms with E-state index in [1.807, 2.05) is 0 Å². The highest BCUT2D eigenvalue weighted by Crippen LogP contribution is 2.27. The summed E-state index contributed by atoms with van der Waals surface area (Å²) in [6.45, 7) is 2.29. The van der Waals surface area contributed by atoms with Crippen LogP contribution in [0.4, 0.5) is 0 Å². The Bertz CT molecular complexity index is 210. The van der Waals surface area contributed by atoms with Gasteiger partial charge in [-0.2, -0.15) is 0 Å². The van der Waals surface area contributed by atoms with Gasteiger partial charge in [-0.15, -0.1) is 0 Å². The largest absolute Gasteiger partial charge is 0.271 e. The summed E-state index contributed by atoms with van der Waals surface area (Å²) < 4.78 is 0. The summed E-state index contributed by atoms with van der Waals surface area (Å²) >= 11 is 0. The van der Waals surface area contributed by atoms with Crippen LogP contribution in [-0.2, 0) is 0 Å². The van der Waals surface area contributed by atoms with Gasteiger partial charge in [0, 0.05) is 6.04 Å². The normalized spacial score (nSPS) is 18.6. The minimum absolute atomic E-state index is 0.563. The summed E-state index contributed by atoms with van der Waals surface area (Å²) in [4.78, 5) is 0. The van der Waals surface area contributed by atoms with Gasteiger partial charge < -0.3 is 0 Å². The molecule has 21 heavy (non-hydrogen) atoms. The predicted molar refractivity (Wildman–Crippen MR) is 94.1 cm³/mol. The standard InChI is InChI=1S/C19H40N2/c1-2-3-4-5-6-7-8-13-16-19(21-20)17-18-14-11-9-10-12-15-18/h18-19,21H,2-17,20H2,1H3. The maximum Gasteiger partial charge on any atom is 0.0213 e. The van der Waals surface area contributed by atoms with Crippen molar-refractivity contribution in [2.75, 3.05) is 0 Å². The molecule has 3 N–H and O–H groups in total. The summed E-state index contributed by atoms with van der Waals surface area (Å²) in [7, 11) is 0. The molecule has 1 rings (SSSR count). The van der Waals surface area contributed by atoms with Gasteiger partial charge in [0.2, 0.25) is 0 Å². The third-order valence-corrected chi connectivity index (χ3v) is 5.23. The summed E-state index contributed by atoms with van der Waals surface area (Å²) in [5, 5.41) is 0. The van der Waals surface area contributed by atoms with E-state index in [-0.39, 0.29) is 0 Å². The van der Waals surface area contributed by atoms with Crippen molar-refractivity contribution in [2.45, 2.75) is 116 Å². The Morgan fingerprint density at radius 2 is 1.43 bits per heavy atom. The van der Waals surface area contributed by atoms with Gasteiger partial charge in [0.05, 0.1) is 0 Å². The molecule has 1 fully saturated rings. The SMILES string of the molecule is CCCCCCCCCCC(CC1CCCCCC1)NN. The predicted octanol–water partition coefficient (Wildman–Crippen LogP) is 5.71. The van der Waals surface area contributed by atoms with Crippen LogP contribution >= 0.6 is 0 Å². The molecule has 0 heterocycles. The minimum atomic E-state index is 0.563. The van der Waals surface area contributed by atoms with Crippen molar-refractivity contribution in [2.24, 2.45) is 11.8 Å². The van der Waals surface area contributed by atoms with Crippen molar-refractivity contribution < 1.29 is 0 Å². The second-order valence-corrected chi connectivity index (χ2v) is 7.22. The van der Waals surface area contributed by atoms with Crippen LogP contribution in [-0.4, -0.2) is 6.04 Å². The van der Waals surface area contributed by atoms with Crippen LogP contribution < -0.4 is 11.3 Å². The lowest BCUT2D eigenvalue weighted by Crippen LogP contribution is -2.36. The van der Waals surface area contributed by atoms with Crippen LogP contribution in [0.2, 0.25) is 0 Å². The third kappa shape index (κ3) is 10.3. The third-order valence-electron chi connectivity index (χ3n) is 5.23. The van der Waals surface area contributed by atoms with Gasteiger partial charge in [0.15, 0.2) is 0 Å². The Kier molecular flexibility index (Phi) is 12.3. The van der Waals surface area contributed by atoms with Gasteiger partial charge >= 0.3 is 0 Å². The van der Waals surface area contributed by atoms with Crippen LogP contribution in [0.25, 0.3) is 0 Å². The molecule has 2 heteroatoms. The fourth-order valence-electron chi connectivity index (χ4n) is 3.80. The molecule has 1 saturated carbocycles. The zero-order valence-corrected chi connectivity index (χ0v) is 14.5. The van der Waals surface area contributed by atoms with E-state index < -0.39 is 0 Å². The first kappa shape index (κ1) is 19.0. The average molecular weight is 297 g/mol. The molecule has 0 aromatic carbocycles. The zero-order valence-electron chi connectivity index (χ0n) is 14.5. The molecule has 1 aliphatic rings. The van der Waals surface area contributed by atoms with E-state index in [1.165, 1.54) is 103 Å². The smallest absolute Gasteiger partial charge is 0.0213 e. The zero-order chi connectivity index (χ0) is 15.2. The van der Waals surface area contributed by atoms with Crippen molar-refractivity contribution >= 4 is 0 Å². The fourth-order valence-corrected chi connectivity index (χ4v) is 3.80. The summed E-state index contributed by atoms with van der Waals surface area (Å²) in [5.41, 5.74) is 3.09. The van der Waals surface area contributed by atoms with Gasteiger partial charge in [-0.1, -0.05) is 96.8 Å². The van der Waals surface area contributed by atoms with Crippen LogP contribution in [0, 0.1) is 5.92 Å². The van der Waals surface area contributed by atoms with Crippen molar-refractivity contribution in [3.63, 3.8) is 0 Å². The van der Waals surface area contributed by atoms with Crippen LogP contribution in [0.5, 0.6) is 0 Å². The Morgan fingerprint density at radius 3 is 2.00 bits per heavy atom. The number of hydrogen-bond donors (Lipinski definition) is 2. The van der Waals surface area contributed by atoms with Crippen molar-refractivity contribution in [1.82, 2.24) is 5.43 Å². The molecule has 0 amide bonds. The number of hydrazine groups is 1. The number of unbranched alkanes of at least 4 members (excludes halogenated alkanes) is 7. The van der Waals surface area contributed by atoms with Crippen LogP contribution in [0.1, 0.15) is 110 Å². The van der Waals surface area contributed by atoms with Gasteiger partial charge in [-0.3, -0.25) is 11.3 Å². The Hall–Kier alpha value is -0.0800. The number of nitrogens with one attached hydrogen (secondary N) is 1. The summed E-state index contributed by atoms with van der Waals surface area (Å²) in [5.74, 6) is 6.71. The molecule has 0 aromatic heterocycles. The Morgan fingerprint density at radius 1 is 0.857 bits per heavy atom. The van der Waals surface area contributed by atoms with E-state index in [9.17, 15) is 0 Å². The number of nitrogens with two attached hydrogens (primary N) is 1. The molecule has 2 nitrogen and oxygen atoms in total. The van der Waals surface area contributed by atoms with Gasteiger partial charge in [-0.25, -0.2) is 0 Å². The number of rotatable bonds is 12. The minimum Gasteiger partial charge on any atom is -0.271 e. The average Bonchev–Trinajstić information content (AvgIpc) is 2.77. The lowest BCUT2D eigenvalue weighted by atomic mass is 9.90. The van der Waals surface area contributed by atoms with E-state index in [1.54, 1.807) is 0 Å². The fraction of sp³-hybridized carbons (Fsp3) is 1.00. The number of hydrogen-bond acceptors (Lipinski definition) is 2. The molecule has 1 aliphatic carbocycles. The molecule has 1 atom stereocenters. The maximum atomic E-state index is 5.77. The van der Waals surface area contributed by atoms with Crippen molar-refractivity contribution in [3.8, 4) is 0 Å². The summed E-state index contributed by atoms with van der Waals surface area (Å²) in [6.07, 6.45) is 22.5. The van der Waals surface area contributed by atoms with Gasteiger partial charge in [-0.05, 0) is 18.8 Å². The highest BCUT2D eigenvalue weighted by atomic mass is 15.2. The van der Waals surface area contributed by atoms with Crippen molar-refractivity contribution in [3.05, 3.63) is 0 Å². The first-order chi connectivity index (χ1) is 10.4. The second kappa shape index (κ2) is 13.6. The second-order valence-electron chi connectivity index (χ2n) is 7.22. The van der Waals surface area contributed by atoms with E-state index >= 15 is 0 Å². The molecular formula is C19H40N2. The van der Waals surface area contributed by atoms with E-state index in [2.05, 4.69) is 12.3 Å². The molecule has 0 aromatic rings. The first-order valence-electron chi connectivity index (χ1n) is 9.83. The lowest BCUT2D eigenvalue weighted by molar-refractivity contribution is 0.335.